The molecule has 3 nitrogen and oxygen atoms in total. The van der Waals surface area contributed by atoms with Crippen molar-refractivity contribution in [2.24, 2.45) is 11.3 Å². The highest BCUT2D eigenvalue weighted by Gasteiger charge is 2.48. The maximum Gasteiger partial charge on any atom is 0.145 e. The quantitative estimate of drug-likeness (QED) is 0.679. The van der Waals surface area contributed by atoms with Crippen LogP contribution in [-0.4, -0.2) is 24.3 Å². The minimum absolute atomic E-state index is 0.00744. The molecule has 2 aliphatic rings. The maximum atomic E-state index is 14.2. The minimum Gasteiger partial charge on any atom is -0.396 e. The van der Waals surface area contributed by atoms with Gasteiger partial charge in [0.15, 0.2) is 0 Å². The van der Waals surface area contributed by atoms with Crippen molar-refractivity contribution in [1.29, 1.82) is 5.26 Å². The van der Waals surface area contributed by atoms with E-state index in [0.29, 0.717) is 17.1 Å². The van der Waals surface area contributed by atoms with Gasteiger partial charge in [0.2, 0.25) is 0 Å². The van der Waals surface area contributed by atoms with Crippen molar-refractivity contribution in [3.8, 4) is 6.07 Å². The average Bonchev–Trinajstić information content (AvgIpc) is 3.36. The summed E-state index contributed by atoms with van der Waals surface area (Å²) in [5, 5.41) is 22.8. The lowest BCUT2D eigenvalue weighted by Gasteiger charge is -2.22. The molecule has 29 heavy (non-hydrogen) atoms. The molecule has 1 aliphatic carbocycles. The fourth-order valence-electron chi connectivity index (χ4n) is 3.83. The Labute approximate surface area is 179 Å². The molecule has 2 fully saturated rings. The Morgan fingerprint density at radius 2 is 1.90 bits per heavy atom. The summed E-state index contributed by atoms with van der Waals surface area (Å²) in [5.74, 6) is -1.19. The molecular formula is C22H22Cl2F2N2O. The summed E-state index contributed by atoms with van der Waals surface area (Å²) in [7, 11) is 0. The van der Waals surface area contributed by atoms with E-state index in [4.69, 9.17) is 23.2 Å². The molecule has 0 amide bonds. The van der Waals surface area contributed by atoms with Crippen molar-refractivity contribution in [2.75, 3.05) is 13.2 Å². The number of halogens is 4. The molecule has 0 bridgehead atoms. The summed E-state index contributed by atoms with van der Waals surface area (Å²) in [6.45, 7) is 0.737. The first-order valence-electron chi connectivity index (χ1n) is 9.48. The molecule has 4 rings (SSSR count). The van der Waals surface area contributed by atoms with E-state index in [1.54, 1.807) is 24.3 Å². The molecule has 0 spiro atoms. The number of rotatable bonds is 4. The summed E-state index contributed by atoms with van der Waals surface area (Å²) in [6, 6.07) is 13.1. The number of nitrogens with zero attached hydrogens (tertiary/aromatic N) is 1. The highest BCUT2D eigenvalue weighted by atomic mass is 35.5. The van der Waals surface area contributed by atoms with E-state index in [1.807, 2.05) is 0 Å². The molecule has 3 atom stereocenters. The van der Waals surface area contributed by atoms with E-state index in [0.717, 1.165) is 19.3 Å². The largest absolute Gasteiger partial charge is 0.396 e. The second-order valence-corrected chi connectivity index (χ2v) is 8.56. The fourth-order valence-corrected chi connectivity index (χ4v) is 4.19. The van der Waals surface area contributed by atoms with Crippen LogP contribution in [0, 0.1) is 34.3 Å². The van der Waals surface area contributed by atoms with E-state index >= 15 is 0 Å². The van der Waals surface area contributed by atoms with Crippen LogP contribution < -0.4 is 5.32 Å². The SMILES string of the molecule is Fc1cccc(Cl)c1.N#CC1C(CC2(CO)CC2)NCC1c1cccc(Cl)c1F. The van der Waals surface area contributed by atoms with Crippen LogP contribution in [0.2, 0.25) is 10.0 Å². The van der Waals surface area contributed by atoms with Crippen LogP contribution in [0.1, 0.15) is 30.7 Å². The van der Waals surface area contributed by atoms with E-state index < -0.39 is 5.82 Å². The summed E-state index contributed by atoms with van der Waals surface area (Å²) in [4.78, 5) is 0. The molecule has 154 valence electrons. The molecule has 0 aromatic heterocycles. The number of benzene rings is 2. The van der Waals surface area contributed by atoms with Crippen LogP contribution in [0.4, 0.5) is 8.78 Å². The van der Waals surface area contributed by atoms with Gasteiger partial charge in [-0.3, -0.25) is 0 Å². The predicted molar refractivity (Wildman–Crippen MR) is 110 cm³/mol. The first kappa shape index (κ1) is 22.0. The molecule has 2 aromatic rings. The van der Waals surface area contributed by atoms with Crippen LogP contribution >= 0.6 is 23.2 Å². The molecule has 2 aromatic carbocycles. The Morgan fingerprint density at radius 1 is 1.17 bits per heavy atom. The van der Waals surface area contributed by atoms with Crippen molar-refractivity contribution in [2.45, 2.75) is 31.2 Å². The monoisotopic (exact) mass is 438 g/mol. The van der Waals surface area contributed by atoms with Crippen molar-refractivity contribution in [3.05, 3.63) is 69.7 Å². The van der Waals surface area contributed by atoms with Crippen molar-refractivity contribution < 1.29 is 13.9 Å². The van der Waals surface area contributed by atoms with Crippen molar-refractivity contribution in [3.63, 3.8) is 0 Å². The van der Waals surface area contributed by atoms with Gasteiger partial charge >= 0.3 is 0 Å². The molecule has 1 saturated carbocycles. The second-order valence-electron chi connectivity index (χ2n) is 7.72. The first-order valence-corrected chi connectivity index (χ1v) is 10.2. The van der Waals surface area contributed by atoms with E-state index in [-0.39, 0.29) is 40.7 Å². The lowest BCUT2D eigenvalue weighted by Crippen LogP contribution is -2.31. The third-order valence-corrected chi connectivity index (χ3v) is 6.26. The van der Waals surface area contributed by atoms with Gasteiger partial charge in [0, 0.05) is 30.1 Å². The molecule has 1 heterocycles. The highest BCUT2D eigenvalue weighted by molar-refractivity contribution is 6.31. The van der Waals surface area contributed by atoms with Gasteiger partial charge in [-0.05, 0) is 54.5 Å². The number of hydrogen-bond acceptors (Lipinski definition) is 3. The molecule has 7 heteroatoms. The lowest BCUT2D eigenvalue weighted by molar-refractivity contribution is 0.188. The van der Waals surface area contributed by atoms with Gasteiger partial charge in [0.1, 0.15) is 11.6 Å². The zero-order chi connectivity index (χ0) is 21.0. The van der Waals surface area contributed by atoms with E-state index in [2.05, 4.69) is 11.4 Å². The topological polar surface area (TPSA) is 56.0 Å². The van der Waals surface area contributed by atoms with Crippen LogP contribution in [0.15, 0.2) is 42.5 Å². The average molecular weight is 439 g/mol. The van der Waals surface area contributed by atoms with Gasteiger partial charge in [-0.1, -0.05) is 41.4 Å². The Balaban J connectivity index is 0.000000252. The van der Waals surface area contributed by atoms with E-state index in [9.17, 15) is 19.1 Å². The summed E-state index contributed by atoms with van der Waals surface area (Å²) in [5.41, 5.74) is 0.493. The van der Waals surface area contributed by atoms with Crippen molar-refractivity contribution >= 4 is 23.2 Å². The van der Waals surface area contributed by atoms with Gasteiger partial charge in [0.05, 0.1) is 17.0 Å². The molecule has 2 N–H and O–H groups in total. The number of nitriles is 1. The maximum absolute atomic E-state index is 14.2. The van der Waals surface area contributed by atoms with Gasteiger partial charge in [-0.2, -0.15) is 5.26 Å². The van der Waals surface area contributed by atoms with Crippen LogP contribution in [0.5, 0.6) is 0 Å². The number of aliphatic hydroxyl groups is 1. The summed E-state index contributed by atoms with van der Waals surface area (Å²) < 4.78 is 26.3. The van der Waals surface area contributed by atoms with Crippen molar-refractivity contribution in [1.82, 2.24) is 5.32 Å². The molecule has 1 aliphatic heterocycles. The lowest BCUT2D eigenvalue weighted by atomic mass is 9.82. The molecular weight excluding hydrogens is 417 g/mol. The van der Waals surface area contributed by atoms with Crippen LogP contribution in [-0.2, 0) is 0 Å². The van der Waals surface area contributed by atoms with Gasteiger partial charge in [0.25, 0.3) is 0 Å². The number of hydrogen-bond donors (Lipinski definition) is 2. The number of aliphatic hydroxyl groups excluding tert-OH is 1. The summed E-state index contributed by atoms with van der Waals surface area (Å²) in [6.07, 6.45) is 2.80. The van der Waals surface area contributed by atoms with Gasteiger partial charge in [-0.15, -0.1) is 0 Å². The summed E-state index contributed by atoms with van der Waals surface area (Å²) >= 11 is 11.3. The normalized spacial score (nSPS) is 24.3. The van der Waals surface area contributed by atoms with Gasteiger partial charge < -0.3 is 10.4 Å². The zero-order valence-corrected chi connectivity index (χ0v) is 17.2. The minimum atomic E-state index is -0.421. The van der Waals surface area contributed by atoms with Gasteiger partial charge in [-0.25, -0.2) is 8.78 Å². The van der Waals surface area contributed by atoms with Crippen LogP contribution in [0.3, 0.4) is 0 Å². The Bertz CT molecular complexity index is 881. The molecule has 1 saturated heterocycles. The highest BCUT2D eigenvalue weighted by Crippen LogP contribution is 2.51. The Kier molecular flexibility index (Phi) is 7.13. The third-order valence-electron chi connectivity index (χ3n) is 5.73. The standard InChI is InChI=1S/C16H18ClFN2O.C6H4ClF/c17-13-3-1-2-10(15(13)18)12-8-20-14(11(12)7-19)6-16(9-21)4-5-16;7-5-2-1-3-6(8)4-5/h1-3,11-12,14,20-21H,4-6,8-9H2;1-4H. The van der Waals surface area contributed by atoms with Crippen LogP contribution in [0.25, 0.3) is 0 Å². The Hall–Kier alpha value is -1.71. The van der Waals surface area contributed by atoms with E-state index in [1.165, 1.54) is 18.2 Å². The molecule has 3 unspecified atom stereocenters. The zero-order valence-electron chi connectivity index (χ0n) is 15.7. The second kappa shape index (κ2) is 9.40. The third kappa shape index (κ3) is 5.26. The smallest absolute Gasteiger partial charge is 0.145 e. The number of nitrogens with one attached hydrogen (secondary N) is 1. The first-order chi connectivity index (χ1) is 13.9. The molecule has 0 radical (unpaired) electrons. The fraction of sp³-hybridized carbons (Fsp3) is 0.409. The Morgan fingerprint density at radius 3 is 2.45 bits per heavy atom. The predicted octanol–water partition coefficient (Wildman–Crippen LogP) is 5.32.